The molecule has 120 valence electrons. The average Bonchev–Trinajstić information content (AvgIpc) is 2.65. The molecule has 0 radical (unpaired) electrons. The van der Waals surface area contributed by atoms with Crippen LogP contribution in [0.1, 0.15) is 42.7 Å². The SMILES string of the molecule is c1ccc(CCC(c2cccnc2)C2CC3CCN2CC3)cc1. The molecule has 4 heterocycles. The highest BCUT2D eigenvalue weighted by molar-refractivity contribution is 5.21. The molecule has 0 N–H and O–H groups in total. The molecule has 0 saturated carbocycles. The van der Waals surface area contributed by atoms with Gasteiger partial charge in [-0.3, -0.25) is 9.88 Å². The van der Waals surface area contributed by atoms with Gasteiger partial charge in [0, 0.05) is 24.4 Å². The van der Waals surface area contributed by atoms with Crippen LogP contribution >= 0.6 is 0 Å². The van der Waals surface area contributed by atoms with Crippen molar-refractivity contribution in [2.75, 3.05) is 13.1 Å². The number of nitrogens with zero attached hydrogens (tertiary/aromatic N) is 2. The van der Waals surface area contributed by atoms with Crippen molar-refractivity contribution in [2.24, 2.45) is 5.92 Å². The largest absolute Gasteiger partial charge is 0.300 e. The van der Waals surface area contributed by atoms with Gasteiger partial charge in [-0.25, -0.2) is 0 Å². The molecule has 3 aliphatic heterocycles. The molecule has 23 heavy (non-hydrogen) atoms. The molecule has 0 aliphatic carbocycles. The summed E-state index contributed by atoms with van der Waals surface area (Å²) in [4.78, 5) is 7.15. The van der Waals surface area contributed by atoms with Crippen molar-refractivity contribution in [1.82, 2.24) is 9.88 Å². The number of piperidine rings is 3. The summed E-state index contributed by atoms with van der Waals surface area (Å²) >= 11 is 0. The van der Waals surface area contributed by atoms with E-state index in [0.717, 1.165) is 18.4 Å². The van der Waals surface area contributed by atoms with E-state index in [9.17, 15) is 0 Å². The molecule has 1 aromatic heterocycles. The standard InChI is InChI=1S/C21H26N2/c1-2-5-17(6-3-1)8-9-20(19-7-4-12-22-16-19)21-15-18-10-13-23(21)14-11-18/h1-7,12,16,18,20-21H,8-11,13-15H2. The van der Waals surface area contributed by atoms with Crippen LogP contribution in [-0.2, 0) is 6.42 Å². The van der Waals surface area contributed by atoms with Crippen molar-refractivity contribution in [3.8, 4) is 0 Å². The van der Waals surface area contributed by atoms with Crippen molar-refractivity contribution in [2.45, 2.75) is 44.1 Å². The second-order valence-corrected chi connectivity index (χ2v) is 7.20. The van der Waals surface area contributed by atoms with Gasteiger partial charge < -0.3 is 0 Å². The van der Waals surface area contributed by atoms with Crippen LogP contribution in [-0.4, -0.2) is 29.0 Å². The first-order valence-corrected chi connectivity index (χ1v) is 9.08. The Morgan fingerprint density at radius 2 is 1.87 bits per heavy atom. The first-order chi connectivity index (χ1) is 11.4. The molecule has 3 fully saturated rings. The Bertz CT molecular complexity index is 602. The maximum atomic E-state index is 4.40. The van der Waals surface area contributed by atoms with Gasteiger partial charge in [-0.05, 0) is 68.3 Å². The van der Waals surface area contributed by atoms with Crippen LogP contribution in [0.3, 0.4) is 0 Å². The number of hydrogen-bond donors (Lipinski definition) is 0. The highest BCUT2D eigenvalue weighted by Crippen LogP contribution is 2.40. The van der Waals surface area contributed by atoms with E-state index in [-0.39, 0.29) is 0 Å². The summed E-state index contributed by atoms with van der Waals surface area (Å²) in [6, 6.07) is 16.0. The topological polar surface area (TPSA) is 16.1 Å². The van der Waals surface area contributed by atoms with E-state index in [1.54, 1.807) is 0 Å². The second kappa shape index (κ2) is 6.84. The lowest BCUT2D eigenvalue weighted by Crippen LogP contribution is -2.51. The monoisotopic (exact) mass is 306 g/mol. The Balaban J connectivity index is 1.54. The molecule has 2 nitrogen and oxygen atoms in total. The third-order valence-electron chi connectivity index (χ3n) is 5.86. The first kappa shape index (κ1) is 14.9. The number of benzene rings is 1. The van der Waals surface area contributed by atoms with Gasteiger partial charge in [0.05, 0.1) is 0 Å². The number of aryl methyl sites for hydroxylation is 1. The fraction of sp³-hybridized carbons (Fsp3) is 0.476. The summed E-state index contributed by atoms with van der Waals surface area (Å²) in [6.45, 7) is 2.61. The van der Waals surface area contributed by atoms with Gasteiger partial charge in [0.25, 0.3) is 0 Å². The summed E-state index contributed by atoms with van der Waals surface area (Å²) < 4.78 is 0. The lowest BCUT2D eigenvalue weighted by molar-refractivity contribution is 0.0330. The van der Waals surface area contributed by atoms with E-state index in [4.69, 9.17) is 0 Å². The van der Waals surface area contributed by atoms with E-state index in [1.165, 1.54) is 49.9 Å². The van der Waals surface area contributed by atoms with E-state index >= 15 is 0 Å². The fourth-order valence-electron chi connectivity index (χ4n) is 4.57. The van der Waals surface area contributed by atoms with Gasteiger partial charge in [0.2, 0.25) is 0 Å². The smallest absolute Gasteiger partial charge is 0.0303 e. The molecular formula is C21H26N2. The summed E-state index contributed by atoms with van der Waals surface area (Å²) in [5, 5.41) is 0. The predicted molar refractivity (Wildman–Crippen MR) is 94.4 cm³/mol. The Morgan fingerprint density at radius 1 is 1.04 bits per heavy atom. The molecular weight excluding hydrogens is 280 g/mol. The van der Waals surface area contributed by atoms with Gasteiger partial charge >= 0.3 is 0 Å². The zero-order chi connectivity index (χ0) is 15.5. The fourth-order valence-corrected chi connectivity index (χ4v) is 4.57. The molecule has 0 amide bonds. The summed E-state index contributed by atoms with van der Waals surface area (Å²) in [5.41, 5.74) is 2.89. The first-order valence-electron chi connectivity index (χ1n) is 9.08. The van der Waals surface area contributed by atoms with E-state index in [1.807, 2.05) is 6.20 Å². The maximum absolute atomic E-state index is 4.40. The number of hydrogen-bond acceptors (Lipinski definition) is 2. The lowest BCUT2D eigenvalue weighted by atomic mass is 9.75. The molecule has 2 heteroatoms. The quantitative estimate of drug-likeness (QED) is 0.819. The van der Waals surface area contributed by atoms with Crippen molar-refractivity contribution >= 4 is 0 Å². The van der Waals surface area contributed by atoms with Gasteiger partial charge in [-0.1, -0.05) is 36.4 Å². The summed E-state index contributed by atoms with van der Waals surface area (Å²) in [5.74, 6) is 1.58. The van der Waals surface area contributed by atoms with Crippen molar-refractivity contribution in [3.05, 3.63) is 66.0 Å². The number of pyridine rings is 1. The molecule has 5 rings (SSSR count). The minimum absolute atomic E-state index is 0.618. The molecule has 2 unspecified atom stereocenters. The third-order valence-corrected chi connectivity index (χ3v) is 5.86. The van der Waals surface area contributed by atoms with Gasteiger partial charge in [-0.15, -0.1) is 0 Å². The number of fused-ring (bicyclic) bond motifs is 3. The Kier molecular flexibility index (Phi) is 4.43. The van der Waals surface area contributed by atoms with Gasteiger partial charge in [-0.2, -0.15) is 0 Å². The van der Waals surface area contributed by atoms with Crippen LogP contribution in [0.25, 0.3) is 0 Å². The van der Waals surface area contributed by atoms with Crippen molar-refractivity contribution < 1.29 is 0 Å². The lowest BCUT2D eigenvalue weighted by Gasteiger charge is -2.48. The molecule has 2 aromatic rings. The normalized spacial score (nSPS) is 27.7. The van der Waals surface area contributed by atoms with Gasteiger partial charge in [0.15, 0.2) is 0 Å². The predicted octanol–water partition coefficient (Wildman–Crippen LogP) is 4.28. The maximum Gasteiger partial charge on any atom is 0.0303 e. The minimum atomic E-state index is 0.618. The van der Waals surface area contributed by atoms with Crippen molar-refractivity contribution in [3.63, 3.8) is 0 Å². The molecule has 3 saturated heterocycles. The van der Waals surface area contributed by atoms with Gasteiger partial charge in [0.1, 0.15) is 0 Å². The average molecular weight is 306 g/mol. The zero-order valence-corrected chi connectivity index (χ0v) is 13.8. The summed E-state index contributed by atoms with van der Waals surface area (Å²) in [7, 11) is 0. The van der Waals surface area contributed by atoms with Crippen LogP contribution in [0.5, 0.6) is 0 Å². The molecule has 0 spiro atoms. The number of rotatable bonds is 5. The highest BCUT2D eigenvalue weighted by atomic mass is 15.2. The Morgan fingerprint density at radius 3 is 2.52 bits per heavy atom. The van der Waals surface area contributed by atoms with Crippen LogP contribution in [0.4, 0.5) is 0 Å². The molecule has 2 atom stereocenters. The second-order valence-electron chi connectivity index (χ2n) is 7.20. The third kappa shape index (κ3) is 3.32. The minimum Gasteiger partial charge on any atom is -0.300 e. The van der Waals surface area contributed by atoms with E-state index in [2.05, 4.69) is 58.5 Å². The molecule has 3 aliphatic rings. The van der Waals surface area contributed by atoms with Crippen LogP contribution < -0.4 is 0 Å². The number of aromatic nitrogens is 1. The highest BCUT2D eigenvalue weighted by Gasteiger charge is 2.38. The van der Waals surface area contributed by atoms with Crippen molar-refractivity contribution in [1.29, 1.82) is 0 Å². The van der Waals surface area contributed by atoms with Crippen LogP contribution in [0, 0.1) is 5.92 Å². The molecule has 2 bridgehead atoms. The zero-order valence-electron chi connectivity index (χ0n) is 13.8. The van der Waals surface area contributed by atoms with E-state index < -0.39 is 0 Å². The van der Waals surface area contributed by atoms with Crippen LogP contribution in [0.2, 0.25) is 0 Å². The Labute approximate surface area is 139 Å². The van der Waals surface area contributed by atoms with E-state index in [0.29, 0.717) is 5.92 Å². The Hall–Kier alpha value is -1.67. The summed E-state index contributed by atoms with van der Waals surface area (Å²) in [6.07, 6.45) is 10.6. The molecule has 1 aromatic carbocycles. The van der Waals surface area contributed by atoms with Crippen LogP contribution in [0.15, 0.2) is 54.9 Å².